The van der Waals surface area contributed by atoms with Gasteiger partial charge in [0, 0.05) is 16.1 Å². The predicted molar refractivity (Wildman–Crippen MR) is 85.1 cm³/mol. The highest BCUT2D eigenvalue weighted by Crippen LogP contribution is 2.43. The summed E-state index contributed by atoms with van der Waals surface area (Å²) in [6.07, 6.45) is 6.89. The van der Waals surface area contributed by atoms with Crippen molar-refractivity contribution in [1.82, 2.24) is 0 Å². The lowest BCUT2D eigenvalue weighted by Crippen LogP contribution is -2.39. The van der Waals surface area contributed by atoms with Gasteiger partial charge in [-0.25, -0.2) is 0 Å². The lowest BCUT2D eigenvalue weighted by molar-refractivity contribution is -0.128. The summed E-state index contributed by atoms with van der Waals surface area (Å²) in [6.45, 7) is 4.29. The van der Waals surface area contributed by atoms with Crippen LogP contribution in [0.1, 0.15) is 52.4 Å². The molecule has 1 aliphatic rings. The maximum absolute atomic E-state index is 12.8. The first-order valence-corrected chi connectivity index (χ1v) is 8.01. The Morgan fingerprint density at radius 2 is 1.90 bits per heavy atom. The number of nitrogens with one attached hydrogen (secondary N) is 1. The Hall–Kier alpha value is -1.02. The molecule has 1 aromatic carbocycles. The Labute approximate surface area is 126 Å². The van der Waals surface area contributed by atoms with Crippen molar-refractivity contribution in [1.29, 1.82) is 0 Å². The van der Waals surface area contributed by atoms with Crippen LogP contribution >= 0.6 is 11.6 Å². The van der Waals surface area contributed by atoms with E-state index in [-0.39, 0.29) is 11.3 Å². The molecule has 1 fully saturated rings. The molecule has 0 aliphatic heterocycles. The third-order valence-corrected chi connectivity index (χ3v) is 4.90. The number of benzene rings is 1. The van der Waals surface area contributed by atoms with E-state index in [4.69, 9.17) is 11.6 Å². The molecule has 0 spiro atoms. The van der Waals surface area contributed by atoms with E-state index in [1.54, 1.807) is 0 Å². The SMILES string of the molecule is CCCC(C)(C(=O)Nc1ccc(Cl)cc1)C1CCCC1. The molecule has 1 saturated carbocycles. The van der Waals surface area contributed by atoms with Crippen molar-refractivity contribution in [2.24, 2.45) is 11.3 Å². The number of hydrogen-bond acceptors (Lipinski definition) is 1. The van der Waals surface area contributed by atoms with E-state index in [2.05, 4.69) is 19.2 Å². The van der Waals surface area contributed by atoms with Crippen molar-refractivity contribution in [3.05, 3.63) is 29.3 Å². The van der Waals surface area contributed by atoms with E-state index in [0.29, 0.717) is 10.9 Å². The summed E-state index contributed by atoms with van der Waals surface area (Å²) in [6, 6.07) is 7.34. The lowest BCUT2D eigenvalue weighted by atomic mass is 9.72. The van der Waals surface area contributed by atoms with Gasteiger partial charge in [0.05, 0.1) is 0 Å². The molecule has 2 rings (SSSR count). The first kappa shape index (κ1) is 15.4. The highest BCUT2D eigenvalue weighted by molar-refractivity contribution is 6.30. The molecule has 0 radical (unpaired) electrons. The van der Waals surface area contributed by atoms with Crippen LogP contribution in [-0.4, -0.2) is 5.91 Å². The van der Waals surface area contributed by atoms with E-state index >= 15 is 0 Å². The van der Waals surface area contributed by atoms with Gasteiger partial charge in [0.25, 0.3) is 0 Å². The average Bonchev–Trinajstić information content (AvgIpc) is 2.96. The van der Waals surface area contributed by atoms with Gasteiger partial charge in [-0.15, -0.1) is 0 Å². The molecular formula is C17H24ClNO. The first-order chi connectivity index (χ1) is 9.56. The van der Waals surface area contributed by atoms with Gasteiger partial charge in [0.1, 0.15) is 0 Å². The second-order valence-corrected chi connectivity index (χ2v) is 6.55. The molecule has 1 unspecified atom stereocenters. The number of halogens is 1. The van der Waals surface area contributed by atoms with E-state index in [1.807, 2.05) is 24.3 Å². The van der Waals surface area contributed by atoms with Crippen LogP contribution in [0.5, 0.6) is 0 Å². The second kappa shape index (κ2) is 6.62. The largest absolute Gasteiger partial charge is 0.326 e. The molecule has 0 saturated heterocycles. The van der Waals surface area contributed by atoms with Crippen molar-refractivity contribution in [2.75, 3.05) is 5.32 Å². The highest BCUT2D eigenvalue weighted by atomic mass is 35.5. The zero-order valence-electron chi connectivity index (χ0n) is 12.4. The van der Waals surface area contributed by atoms with Gasteiger partial charge in [0.15, 0.2) is 0 Å². The summed E-state index contributed by atoms with van der Waals surface area (Å²) in [7, 11) is 0. The van der Waals surface area contributed by atoms with Gasteiger partial charge in [-0.2, -0.15) is 0 Å². The Balaban J connectivity index is 2.11. The van der Waals surface area contributed by atoms with Crippen molar-refractivity contribution in [3.63, 3.8) is 0 Å². The minimum Gasteiger partial charge on any atom is -0.326 e. The molecule has 20 heavy (non-hydrogen) atoms. The van der Waals surface area contributed by atoms with E-state index in [1.165, 1.54) is 25.7 Å². The maximum atomic E-state index is 12.8. The number of carbonyl (C=O) groups is 1. The molecule has 1 aromatic rings. The third-order valence-electron chi connectivity index (χ3n) is 4.65. The summed E-state index contributed by atoms with van der Waals surface area (Å²) >= 11 is 5.88. The molecule has 1 amide bonds. The summed E-state index contributed by atoms with van der Waals surface area (Å²) in [4.78, 5) is 12.8. The number of anilines is 1. The summed E-state index contributed by atoms with van der Waals surface area (Å²) in [5, 5.41) is 3.76. The highest BCUT2D eigenvalue weighted by Gasteiger charge is 2.41. The van der Waals surface area contributed by atoms with Gasteiger partial charge < -0.3 is 5.32 Å². The fraction of sp³-hybridized carbons (Fsp3) is 0.588. The third kappa shape index (κ3) is 3.35. The zero-order valence-corrected chi connectivity index (χ0v) is 13.2. The van der Waals surface area contributed by atoms with E-state index < -0.39 is 0 Å². The summed E-state index contributed by atoms with van der Waals surface area (Å²) in [5.74, 6) is 0.684. The minimum absolute atomic E-state index is 0.161. The van der Waals surface area contributed by atoms with Crippen molar-refractivity contribution >= 4 is 23.2 Å². The van der Waals surface area contributed by atoms with Crippen LogP contribution in [-0.2, 0) is 4.79 Å². The molecule has 1 aliphatic carbocycles. The topological polar surface area (TPSA) is 29.1 Å². The number of amides is 1. The summed E-state index contributed by atoms with van der Waals surface area (Å²) in [5.41, 5.74) is 0.588. The van der Waals surface area contributed by atoms with Crippen molar-refractivity contribution in [2.45, 2.75) is 52.4 Å². The molecule has 0 aromatic heterocycles. The standard InChI is InChI=1S/C17H24ClNO/c1-3-12-17(2,13-6-4-5-7-13)16(20)19-15-10-8-14(18)9-11-15/h8-11,13H,3-7,12H2,1-2H3,(H,19,20). The number of rotatable bonds is 5. The smallest absolute Gasteiger partial charge is 0.230 e. The Morgan fingerprint density at radius 3 is 2.45 bits per heavy atom. The maximum Gasteiger partial charge on any atom is 0.230 e. The fourth-order valence-electron chi connectivity index (χ4n) is 3.39. The van der Waals surface area contributed by atoms with Crippen LogP contribution in [0.4, 0.5) is 5.69 Å². The van der Waals surface area contributed by atoms with Crippen molar-refractivity contribution < 1.29 is 4.79 Å². The fourth-order valence-corrected chi connectivity index (χ4v) is 3.52. The molecule has 2 nitrogen and oxygen atoms in total. The predicted octanol–water partition coefficient (Wildman–Crippen LogP) is 5.28. The molecule has 3 heteroatoms. The molecule has 1 atom stereocenters. The minimum atomic E-state index is -0.245. The Bertz CT molecular complexity index is 451. The van der Waals surface area contributed by atoms with Gasteiger partial charge in [-0.1, -0.05) is 44.7 Å². The van der Waals surface area contributed by atoms with Gasteiger partial charge in [-0.3, -0.25) is 4.79 Å². The van der Waals surface area contributed by atoms with Crippen LogP contribution in [0.25, 0.3) is 0 Å². The van der Waals surface area contributed by atoms with Gasteiger partial charge in [0.2, 0.25) is 5.91 Å². The first-order valence-electron chi connectivity index (χ1n) is 7.63. The number of carbonyl (C=O) groups excluding carboxylic acids is 1. The van der Waals surface area contributed by atoms with E-state index in [0.717, 1.165) is 18.5 Å². The van der Waals surface area contributed by atoms with Crippen LogP contribution in [0, 0.1) is 11.3 Å². The monoisotopic (exact) mass is 293 g/mol. The van der Waals surface area contributed by atoms with Crippen LogP contribution in [0.2, 0.25) is 5.02 Å². The normalized spacial score (nSPS) is 18.8. The zero-order chi connectivity index (χ0) is 14.6. The molecule has 0 bridgehead atoms. The second-order valence-electron chi connectivity index (χ2n) is 6.11. The molecule has 1 N–H and O–H groups in total. The van der Waals surface area contributed by atoms with Crippen LogP contribution in [0.3, 0.4) is 0 Å². The van der Waals surface area contributed by atoms with Gasteiger partial charge >= 0.3 is 0 Å². The van der Waals surface area contributed by atoms with Crippen molar-refractivity contribution in [3.8, 4) is 0 Å². The summed E-state index contributed by atoms with van der Waals surface area (Å²) < 4.78 is 0. The van der Waals surface area contributed by atoms with Gasteiger partial charge in [-0.05, 0) is 49.4 Å². The lowest BCUT2D eigenvalue weighted by Gasteiger charge is -2.34. The molecule has 0 heterocycles. The molecular weight excluding hydrogens is 270 g/mol. The van der Waals surface area contributed by atoms with Crippen LogP contribution < -0.4 is 5.32 Å². The Kier molecular flexibility index (Phi) is 5.09. The quantitative estimate of drug-likeness (QED) is 0.786. The van der Waals surface area contributed by atoms with E-state index in [9.17, 15) is 4.79 Å². The Morgan fingerprint density at radius 1 is 1.30 bits per heavy atom. The molecule has 110 valence electrons. The average molecular weight is 294 g/mol. The number of hydrogen-bond donors (Lipinski definition) is 1. The van der Waals surface area contributed by atoms with Crippen LogP contribution in [0.15, 0.2) is 24.3 Å².